The molecule has 2 atom stereocenters. The minimum absolute atomic E-state index is 0.0138. The highest BCUT2D eigenvalue weighted by Gasteiger charge is 2.41. The summed E-state index contributed by atoms with van der Waals surface area (Å²) < 4.78 is 130. The van der Waals surface area contributed by atoms with Crippen LogP contribution in [-0.2, 0) is 44.6 Å². The fourth-order valence-corrected chi connectivity index (χ4v) is 9.95. The third kappa shape index (κ3) is 11.6. The molecule has 3 N–H and O–H groups in total. The number of aromatic nitrogens is 12. The van der Waals surface area contributed by atoms with E-state index in [1.165, 1.54) is 9.13 Å². The van der Waals surface area contributed by atoms with Crippen molar-refractivity contribution < 1.29 is 32.1 Å². The SMILES string of the molecule is [2H]C(c1nc(Cl)c(CO)n1Cc1ccc(-c2ccccc2-c2nn[nH]n2)cc1)C([2H])([2H])C([2H])([2H])C([2H])([2H])[2H].[2H]C(c1nc(Cl)c(CO)n1Cc1ccc(-c2ccccc2-c2nnn(C(c3ccccc3)(c3ccccc3)c3ccccc3)n2)cc1)C([2H])([2H])C([2H])([2H])C([2H])([2H])[2H]. The van der Waals surface area contributed by atoms with E-state index < -0.39 is 70.7 Å². The predicted molar refractivity (Wildman–Crippen MR) is 310 cm³/mol. The molecule has 4 heterocycles. The third-order valence-electron chi connectivity index (χ3n) is 13.1. The van der Waals surface area contributed by atoms with E-state index in [1.54, 1.807) is 16.9 Å². The third-order valence-corrected chi connectivity index (χ3v) is 13.7. The van der Waals surface area contributed by atoms with Gasteiger partial charge >= 0.3 is 0 Å². The zero-order valence-corrected chi connectivity index (χ0v) is 43.5. The van der Waals surface area contributed by atoms with Gasteiger partial charge in [-0.3, -0.25) is 0 Å². The number of nitrogens with zero attached hydrogens (tertiary/aromatic N) is 11. The van der Waals surface area contributed by atoms with Crippen LogP contribution in [0.4, 0.5) is 0 Å². The molecule has 0 bridgehead atoms. The van der Waals surface area contributed by atoms with Gasteiger partial charge in [-0.05, 0) is 73.2 Å². The van der Waals surface area contributed by atoms with E-state index in [2.05, 4.69) is 72.1 Å². The summed E-state index contributed by atoms with van der Waals surface area (Å²) >= 11 is 12.5. The molecule has 0 aliphatic carbocycles. The molecule has 16 heteroatoms. The average Bonchev–Trinajstić information content (AvgIpc) is 1.70. The van der Waals surface area contributed by atoms with Crippen LogP contribution in [0.5, 0.6) is 0 Å². The van der Waals surface area contributed by atoms with Crippen LogP contribution >= 0.6 is 23.2 Å². The van der Waals surface area contributed by atoms with E-state index in [-0.39, 0.29) is 46.4 Å². The highest BCUT2D eigenvalue weighted by molar-refractivity contribution is 6.30. The predicted octanol–water partition coefficient (Wildman–Crippen LogP) is 12.8. The van der Waals surface area contributed by atoms with Gasteiger partial charge in [-0.1, -0.05) is 238 Å². The molecule has 0 amide bonds. The van der Waals surface area contributed by atoms with Crippen molar-refractivity contribution in [2.45, 2.75) is 83.8 Å². The second kappa shape index (κ2) is 25.4. The maximum absolute atomic E-state index is 10.2. The Morgan fingerprint density at radius 1 is 0.519 bits per heavy atom. The number of hydrogen-bond donors (Lipinski definition) is 3. The van der Waals surface area contributed by atoms with Gasteiger partial charge in [0, 0.05) is 58.9 Å². The molecule has 7 aromatic carbocycles. The van der Waals surface area contributed by atoms with Crippen LogP contribution in [0.25, 0.3) is 45.0 Å². The van der Waals surface area contributed by atoms with Gasteiger partial charge in [0.2, 0.25) is 11.6 Å². The minimum atomic E-state index is -3.39. The van der Waals surface area contributed by atoms with Crippen molar-refractivity contribution in [1.82, 2.24) is 59.9 Å². The van der Waals surface area contributed by atoms with Crippen LogP contribution in [0.3, 0.4) is 0 Å². The van der Waals surface area contributed by atoms with Gasteiger partial charge < -0.3 is 19.3 Å². The molecule has 398 valence electrons. The molecule has 0 aliphatic heterocycles. The van der Waals surface area contributed by atoms with E-state index >= 15 is 0 Å². The molecule has 11 aromatic rings. The van der Waals surface area contributed by atoms with Crippen molar-refractivity contribution in [3.05, 3.63) is 249 Å². The largest absolute Gasteiger partial charge is 0.390 e. The number of rotatable bonds is 20. The molecule has 0 saturated heterocycles. The number of aromatic amines is 1. The van der Waals surface area contributed by atoms with E-state index in [0.29, 0.717) is 22.8 Å². The molecule has 0 spiro atoms. The first-order chi connectivity index (χ1) is 45.0. The first kappa shape index (κ1) is 37.4. The van der Waals surface area contributed by atoms with Crippen molar-refractivity contribution in [2.24, 2.45) is 0 Å². The maximum atomic E-state index is 10.2. The van der Waals surface area contributed by atoms with E-state index in [1.807, 2.05) is 140 Å². The van der Waals surface area contributed by atoms with Crippen molar-refractivity contribution >= 4 is 23.2 Å². The first-order valence-electron chi connectivity index (χ1n) is 32.8. The van der Waals surface area contributed by atoms with Crippen LogP contribution in [0.15, 0.2) is 188 Å². The fraction of sp³-hybridized carbons (Fsp3) is 0.206. The van der Waals surface area contributed by atoms with Crippen molar-refractivity contribution in [1.29, 1.82) is 0 Å². The Bertz CT molecular complexity index is 4310. The number of aryl methyl sites for hydroxylation is 2. The number of tetrazole rings is 2. The Morgan fingerprint density at radius 3 is 1.34 bits per heavy atom. The second-order valence-electron chi connectivity index (χ2n) is 17.7. The Hall–Kier alpha value is -8.40. The molecule has 0 fully saturated rings. The van der Waals surface area contributed by atoms with Crippen LogP contribution in [0, 0.1) is 0 Å². The summed E-state index contributed by atoms with van der Waals surface area (Å²) in [4.78, 5) is 9.77. The monoisotopic (exact) mass is 1100 g/mol. The Labute approximate surface area is 491 Å². The summed E-state index contributed by atoms with van der Waals surface area (Å²) in [7, 11) is 0. The van der Waals surface area contributed by atoms with Gasteiger partial charge in [-0.2, -0.15) is 5.21 Å². The molecule has 11 rings (SSSR count). The molecule has 0 aliphatic rings. The van der Waals surface area contributed by atoms with Crippen molar-refractivity contribution in [3.8, 4) is 45.0 Å². The summed E-state index contributed by atoms with van der Waals surface area (Å²) in [6.07, 6.45) is -17.3. The number of H-pyrrole nitrogens is 1. The van der Waals surface area contributed by atoms with E-state index in [9.17, 15) is 10.2 Å². The molecule has 4 aromatic heterocycles. The normalized spacial score (nSPS) is 16.3. The number of aliphatic hydroxyl groups is 2. The lowest BCUT2D eigenvalue weighted by atomic mass is 9.77. The molecule has 0 saturated carbocycles. The number of hydrogen-bond acceptors (Lipinski definition) is 10. The lowest BCUT2D eigenvalue weighted by Crippen LogP contribution is -2.39. The molecular formula is C63H60Cl2N12O2. The smallest absolute Gasteiger partial charge is 0.205 e. The van der Waals surface area contributed by atoms with Gasteiger partial charge in [0.1, 0.15) is 11.6 Å². The number of imidazole rings is 2. The summed E-state index contributed by atoms with van der Waals surface area (Å²) in [6, 6.07) is 60.0. The van der Waals surface area contributed by atoms with Gasteiger partial charge in [-0.15, -0.1) is 25.2 Å². The van der Waals surface area contributed by atoms with Gasteiger partial charge in [-0.25, -0.2) is 9.97 Å². The Balaban J connectivity index is 0.000000225. The quantitative estimate of drug-likeness (QED) is 0.0623. The zero-order chi connectivity index (χ0) is 68.5. The minimum Gasteiger partial charge on any atom is -0.390 e. The number of nitrogens with one attached hydrogen (secondary N) is 1. The number of benzene rings is 7. The first-order valence-corrected chi connectivity index (χ1v) is 25.4. The fourth-order valence-electron chi connectivity index (χ4n) is 9.45. The molecule has 0 radical (unpaired) electrons. The summed E-state index contributed by atoms with van der Waals surface area (Å²) in [6.45, 7) is -7.88. The Morgan fingerprint density at radius 2 is 0.937 bits per heavy atom. The van der Waals surface area contributed by atoms with Crippen LogP contribution in [-0.4, -0.2) is 70.1 Å². The highest BCUT2D eigenvalue weighted by atomic mass is 35.5. The van der Waals surface area contributed by atoms with Crippen LogP contribution in [0.2, 0.25) is 10.3 Å². The maximum Gasteiger partial charge on any atom is 0.205 e. The van der Waals surface area contributed by atoms with Crippen molar-refractivity contribution in [3.63, 3.8) is 0 Å². The molecule has 2 unspecified atom stereocenters. The van der Waals surface area contributed by atoms with E-state index in [4.69, 9.17) is 55.4 Å². The number of aliphatic hydroxyl groups excluding tert-OH is 2. The molecule has 79 heavy (non-hydrogen) atoms. The zero-order valence-electron chi connectivity index (χ0n) is 58.0. The number of halogens is 2. The van der Waals surface area contributed by atoms with Crippen molar-refractivity contribution in [2.75, 3.05) is 0 Å². The standard InChI is InChI=1S/C41H37ClN6O.C22H23ClN6O/c1-2-3-23-38-43-39(42)37(29-49)47(38)28-30-24-26-31(27-25-30)35-21-13-14-22-36(35)40-44-46-48(45-40)41(32-15-7-4-8-16-32,33-17-9-5-10-18-33)34-19-11-6-12-20-34;1-2-3-8-20-24-21(23)19(14-30)29(20)13-15-9-11-16(12-10-15)17-6-4-5-7-18(17)22-25-27-28-26-22/h4-22,24-27,49H,2-3,23,28-29H2,1H3;4-7,9-12,30H,2-3,8,13-14H2,1H3,(H,25,26,27,28)/i1D3,2D2,3D2,23D;1D3,2D2,3D2,8D. The average molecular weight is 1100 g/mol. The lowest BCUT2D eigenvalue weighted by molar-refractivity contribution is 0.271. The highest BCUT2D eigenvalue weighted by Crippen LogP contribution is 2.41. The summed E-state index contributed by atoms with van der Waals surface area (Å²) in [5, 5.41) is 48.2. The topological polar surface area (TPSA) is 174 Å². The lowest BCUT2D eigenvalue weighted by Gasteiger charge is -2.34. The van der Waals surface area contributed by atoms with Gasteiger partial charge in [0.15, 0.2) is 15.8 Å². The Kier molecular flexibility index (Phi) is 12.0. The molecular weight excluding hydrogens is 1030 g/mol. The summed E-state index contributed by atoms with van der Waals surface area (Å²) in [5.74, 6) is 0.217. The molecule has 14 nitrogen and oxygen atoms in total. The van der Waals surface area contributed by atoms with Gasteiger partial charge in [0.25, 0.3) is 0 Å². The van der Waals surface area contributed by atoms with Crippen LogP contribution in [0.1, 0.15) is 112 Å². The van der Waals surface area contributed by atoms with Gasteiger partial charge in [0.05, 0.1) is 24.6 Å². The van der Waals surface area contributed by atoms with Crippen LogP contribution < -0.4 is 0 Å². The summed E-state index contributed by atoms with van der Waals surface area (Å²) in [5.41, 5.74) is 8.25. The second-order valence-corrected chi connectivity index (χ2v) is 18.4. The van der Waals surface area contributed by atoms with E-state index in [0.717, 1.165) is 50.1 Å².